The Balaban J connectivity index is 0.000000228. The maximum absolute atomic E-state index is 8.00. The van der Waals surface area contributed by atoms with E-state index in [4.69, 9.17) is 29.9 Å². The molecule has 9 rings (SSSR count). The van der Waals surface area contributed by atoms with Crippen LogP contribution in [0.4, 0.5) is 0 Å². The summed E-state index contributed by atoms with van der Waals surface area (Å²) in [6.45, 7) is 19.6. The van der Waals surface area contributed by atoms with E-state index in [-0.39, 0.29) is 33.3 Å². The largest absolute Gasteiger partial charge is 1.00 e. The van der Waals surface area contributed by atoms with Crippen molar-refractivity contribution in [1.82, 2.24) is 29.1 Å². The zero-order chi connectivity index (χ0) is 50.0. The average Bonchev–Trinajstić information content (AvgIpc) is 4.18. The van der Waals surface area contributed by atoms with E-state index in [0.717, 1.165) is 22.4 Å². The Morgan fingerprint density at radius 1 is 0.423 bits per heavy atom. The SMILES string of the molecule is CC(C)(C)c1ccn([BH-](n2ccc(C(C)(C)C)n2)n2ccc(C(C)(C)C)n2)n1.O=N[O-].[Cu+].c1ccc(P(=N[P+](c2ccccc2)(c2ccccc2)c2ccccc2)(c2ccccc2)c2ccccc2)cc1. The minimum Gasteiger partial charge on any atom is -0.444 e. The standard InChI is InChI=1S/C36H30NP2.C21H34BN6.Cu.HNO2/c1-7-19-31(20-8-1)38(32-21-9-2-10-22-32,33-23-11-3-12-24-33)37-39(34-25-13-4-14-26-34,35-27-15-5-16-28-35)36-29-17-6-18-30-36;1-19(2,3)16-10-13-26(23-16)22(27-14-11-17(24-27)20(4,5)6)28-15-12-18(25-28)21(7,8)9;;2-1-3/h1-30H;10-15,22H,1-9H3;;(H,2,3)/q+1;-1;+1;/p-1. The Bertz CT molecular complexity index is 2770. The van der Waals surface area contributed by atoms with E-state index in [0.29, 0.717) is 0 Å². The summed E-state index contributed by atoms with van der Waals surface area (Å²) in [6, 6.07) is 72.0. The molecule has 0 saturated carbocycles. The Kier molecular flexibility index (Phi) is 17.6. The molecule has 0 atom stereocenters. The van der Waals surface area contributed by atoms with E-state index in [2.05, 4.69) is 281 Å². The third-order valence-corrected chi connectivity index (χ3v) is 20.6. The molecule has 0 radical (unpaired) electrons. The number of rotatable bonds is 10. The van der Waals surface area contributed by atoms with Crippen LogP contribution >= 0.6 is 14.5 Å². The molecule has 0 aliphatic rings. The molecule has 3 aromatic heterocycles. The summed E-state index contributed by atoms with van der Waals surface area (Å²) in [5.74, 6) is 0. The van der Waals surface area contributed by atoms with Crippen molar-refractivity contribution in [2.45, 2.75) is 78.6 Å². The fourth-order valence-corrected chi connectivity index (χ4v) is 18.0. The monoisotopic (exact) mass is 1030 g/mol. The van der Waals surface area contributed by atoms with Crippen LogP contribution in [0.3, 0.4) is 0 Å². The molecule has 0 N–H and O–H groups in total. The number of hydrogen-bond acceptors (Lipinski definition) is 7. The van der Waals surface area contributed by atoms with Crippen molar-refractivity contribution in [3.63, 3.8) is 0 Å². The van der Waals surface area contributed by atoms with E-state index >= 15 is 0 Å². The van der Waals surface area contributed by atoms with Gasteiger partial charge >= 0.3 is 24.2 Å². The maximum atomic E-state index is 8.00. The van der Waals surface area contributed by atoms with Crippen LogP contribution in [0.15, 0.2) is 229 Å². The zero-order valence-corrected chi connectivity index (χ0v) is 44.8. The van der Waals surface area contributed by atoms with Gasteiger partial charge in [0, 0.05) is 32.2 Å². The van der Waals surface area contributed by atoms with E-state index in [9.17, 15) is 0 Å². The number of benzene rings is 6. The summed E-state index contributed by atoms with van der Waals surface area (Å²) >= 11 is 0. The van der Waals surface area contributed by atoms with Gasteiger partial charge in [0.15, 0.2) is 0 Å². The first-order valence-corrected chi connectivity index (χ1v) is 27.2. The van der Waals surface area contributed by atoms with Gasteiger partial charge in [0.1, 0.15) is 23.0 Å². The second-order valence-electron chi connectivity index (χ2n) is 20.3. The molecular formula is C57H64BCuN8O2P2. The predicted molar refractivity (Wildman–Crippen MR) is 298 cm³/mol. The van der Waals surface area contributed by atoms with Crippen LogP contribution in [0.25, 0.3) is 0 Å². The van der Waals surface area contributed by atoms with E-state index in [1.165, 1.54) is 31.8 Å². The molecule has 3 heterocycles. The summed E-state index contributed by atoms with van der Waals surface area (Å²) < 4.78 is 12.5. The van der Waals surface area contributed by atoms with Crippen LogP contribution in [-0.4, -0.2) is 36.2 Å². The van der Waals surface area contributed by atoms with Gasteiger partial charge in [0.2, 0.25) is 7.41 Å². The summed E-state index contributed by atoms with van der Waals surface area (Å²) in [6.07, 6.45) is 6.16. The van der Waals surface area contributed by atoms with E-state index < -0.39 is 21.6 Å². The summed E-state index contributed by atoms with van der Waals surface area (Å²) in [5, 5.41) is 31.3. The Labute approximate surface area is 431 Å². The predicted octanol–water partition coefficient (Wildman–Crippen LogP) is 11.2. The molecule has 0 spiro atoms. The number of hydrogen-bond donors (Lipinski definition) is 0. The van der Waals surface area contributed by atoms with Gasteiger partial charge in [-0.25, -0.2) is 15.3 Å². The van der Waals surface area contributed by atoms with Gasteiger partial charge in [-0.2, -0.15) is 0 Å². The molecule has 368 valence electrons. The fraction of sp³-hybridized carbons (Fsp3) is 0.211. The molecule has 14 heteroatoms. The van der Waals surface area contributed by atoms with Gasteiger partial charge in [-0.1, -0.05) is 208 Å². The summed E-state index contributed by atoms with van der Waals surface area (Å²) in [5.41, 5.74) is 3.19. The van der Waals surface area contributed by atoms with Crippen LogP contribution in [-0.2, 0) is 33.3 Å². The molecule has 0 aliphatic carbocycles. The van der Waals surface area contributed by atoms with Crippen LogP contribution < -0.4 is 31.8 Å². The Morgan fingerprint density at radius 2 is 0.648 bits per heavy atom. The molecule has 0 saturated heterocycles. The molecule has 0 bridgehead atoms. The van der Waals surface area contributed by atoms with Crippen LogP contribution in [0.5, 0.6) is 0 Å². The second-order valence-corrected chi connectivity index (χ2v) is 26.7. The molecule has 10 nitrogen and oxygen atoms in total. The topological polar surface area (TPSA) is 118 Å². The van der Waals surface area contributed by atoms with Gasteiger partial charge in [-0.3, -0.25) is 0 Å². The van der Waals surface area contributed by atoms with Crippen molar-refractivity contribution in [3.8, 4) is 0 Å². The summed E-state index contributed by atoms with van der Waals surface area (Å²) in [7, 11) is -6.34. The van der Waals surface area contributed by atoms with Gasteiger partial charge in [-0.05, 0) is 73.2 Å². The Morgan fingerprint density at radius 3 is 0.859 bits per heavy atom. The van der Waals surface area contributed by atoms with E-state index in [1.54, 1.807) is 0 Å². The molecule has 0 aliphatic heterocycles. The third kappa shape index (κ3) is 12.2. The molecule has 9 aromatic rings. The summed E-state index contributed by atoms with van der Waals surface area (Å²) in [4.78, 5) is 8.00. The first-order chi connectivity index (χ1) is 33.5. The number of nitrogens with zero attached hydrogens (tertiary/aromatic N) is 8. The molecule has 71 heavy (non-hydrogen) atoms. The van der Waals surface area contributed by atoms with Gasteiger partial charge < -0.3 is 23.9 Å². The van der Waals surface area contributed by atoms with Crippen LogP contribution in [0, 0.1) is 10.1 Å². The van der Waals surface area contributed by atoms with Crippen LogP contribution in [0.1, 0.15) is 79.4 Å². The maximum Gasteiger partial charge on any atom is 1.00 e. The van der Waals surface area contributed by atoms with Crippen molar-refractivity contribution >= 4 is 53.4 Å². The smallest absolute Gasteiger partial charge is 0.444 e. The first kappa shape index (κ1) is 53.9. The molecule has 0 amide bonds. The van der Waals surface area contributed by atoms with Crippen molar-refractivity contribution in [2.24, 2.45) is 9.86 Å². The third-order valence-electron chi connectivity index (χ3n) is 12.1. The zero-order valence-electron chi connectivity index (χ0n) is 42.1. The minimum atomic E-state index is -2.50. The molecule has 6 aromatic carbocycles. The van der Waals surface area contributed by atoms with Gasteiger partial charge in [0.05, 0.1) is 17.1 Å². The fourth-order valence-electron chi connectivity index (χ4n) is 8.47. The molecule has 0 unspecified atom stereocenters. The van der Waals surface area contributed by atoms with Crippen molar-refractivity contribution in [2.75, 3.05) is 0 Å². The van der Waals surface area contributed by atoms with Crippen molar-refractivity contribution < 1.29 is 17.1 Å². The normalized spacial score (nSPS) is 11.9. The first-order valence-electron chi connectivity index (χ1n) is 23.7. The van der Waals surface area contributed by atoms with E-state index in [1.807, 2.05) is 13.8 Å². The minimum absolute atomic E-state index is 0. The van der Waals surface area contributed by atoms with Crippen molar-refractivity contribution in [3.05, 3.63) is 246 Å². The van der Waals surface area contributed by atoms with Gasteiger partial charge in [-0.15, -0.1) is 9.86 Å². The Hall–Kier alpha value is -6.41. The van der Waals surface area contributed by atoms with Gasteiger partial charge in [0.25, 0.3) is 0 Å². The quantitative estimate of drug-likeness (QED) is 0.0585. The second kappa shape index (κ2) is 23.2. The van der Waals surface area contributed by atoms with Crippen molar-refractivity contribution in [1.29, 1.82) is 0 Å². The molecular weight excluding hydrogens is 965 g/mol. The number of aromatic nitrogens is 6. The molecule has 0 fully saturated rings. The average molecular weight is 1030 g/mol. The van der Waals surface area contributed by atoms with Crippen LogP contribution in [0.2, 0.25) is 0 Å².